The van der Waals surface area contributed by atoms with E-state index in [9.17, 15) is 4.79 Å². The molecule has 2 unspecified atom stereocenters. The van der Waals surface area contributed by atoms with Crippen LogP contribution in [0.1, 0.15) is 20.3 Å². The maximum absolute atomic E-state index is 12.3. The summed E-state index contributed by atoms with van der Waals surface area (Å²) >= 11 is 0. The summed E-state index contributed by atoms with van der Waals surface area (Å²) in [7, 11) is 0. The van der Waals surface area contributed by atoms with Crippen molar-refractivity contribution in [3.63, 3.8) is 0 Å². The van der Waals surface area contributed by atoms with Crippen LogP contribution in [-0.2, 0) is 4.79 Å². The molecule has 1 aliphatic rings. The van der Waals surface area contributed by atoms with Crippen LogP contribution >= 0.6 is 0 Å². The number of nitrogens with zero attached hydrogens (tertiary/aromatic N) is 2. The van der Waals surface area contributed by atoms with E-state index in [0.29, 0.717) is 18.4 Å². The highest BCUT2D eigenvalue weighted by molar-refractivity contribution is 5.78. The molecule has 1 rings (SSSR count). The number of piperidine rings is 1. The lowest BCUT2D eigenvalue weighted by atomic mass is 9.92. The van der Waals surface area contributed by atoms with Gasteiger partial charge in [-0.05, 0) is 18.3 Å². The van der Waals surface area contributed by atoms with E-state index in [-0.39, 0.29) is 5.91 Å². The Morgan fingerprint density at radius 2 is 1.72 bits per heavy atom. The van der Waals surface area contributed by atoms with Gasteiger partial charge in [0.05, 0.1) is 6.54 Å². The molecule has 1 heterocycles. The summed E-state index contributed by atoms with van der Waals surface area (Å²) in [6, 6.07) is 0. The molecule has 0 aromatic heterocycles. The summed E-state index contributed by atoms with van der Waals surface area (Å²) in [4.78, 5) is 16.3. The number of amides is 1. The van der Waals surface area contributed by atoms with Gasteiger partial charge in [-0.3, -0.25) is 9.69 Å². The molecule has 3 heteroatoms. The number of rotatable bonds is 6. The average molecular weight is 250 g/mol. The fourth-order valence-electron chi connectivity index (χ4n) is 2.73. The first-order chi connectivity index (χ1) is 8.56. The fourth-order valence-corrected chi connectivity index (χ4v) is 2.73. The fraction of sp³-hybridized carbons (Fsp3) is 0.667. The summed E-state index contributed by atoms with van der Waals surface area (Å²) in [5, 5.41) is 0. The number of carbonyl (C=O) groups is 1. The topological polar surface area (TPSA) is 23.6 Å². The second-order valence-electron chi connectivity index (χ2n) is 5.52. The second kappa shape index (κ2) is 7.37. The van der Waals surface area contributed by atoms with E-state index < -0.39 is 0 Å². The molecule has 0 saturated carbocycles. The largest absolute Gasteiger partial charge is 0.341 e. The van der Waals surface area contributed by atoms with Gasteiger partial charge in [-0.15, -0.1) is 13.2 Å². The van der Waals surface area contributed by atoms with Crippen LogP contribution in [0.15, 0.2) is 25.3 Å². The number of hydrogen-bond acceptors (Lipinski definition) is 2. The first-order valence-corrected chi connectivity index (χ1v) is 6.78. The lowest BCUT2D eigenvalue weighted by Gasteiger charge is -2.36. The lowest BCUT2D eigenvalue weighted by Crippen LogP contribution is -2.47. The Labute approximate surface area is 111 Å². The molecule has 1 fully saturated rings. The minimum atomic E-state index is 0.233. The van der Waals surface area contributed by atoms with Crippen molar-refractivity contribution in [2.75, 3.05) is 32.7 Å². The van der Waals surface area contributed by atoms with Crippen LogP contribution < -0.4 is 0 Å². The second-order valence-corrected chi connectivity index (χ2v) is 5.52. The van der Waals surface area contributed by atoms with Crippen molar-refractivity contribution in [1.29, 1.82) is 0 Å². The van der Waals surface area contributed by atoms with Gasteiger partial charge >= 0.3 is 0 Å². The Balaban J connectivity index is 2.51. The lowest BCUT2D eigenvalue weighted by molar-refractivity contribution is -0.134. The highest BCUT2D eigenvalue weighted by Gasteiger charge is 2.25. The molecule has 0 radical (unpaired) electrons. The molecule has 1 amide bonds. The van der Waals surface area contributed by atoms with E-state index in [2.05, 4.69) is 31.9 Å². The van der Waals surface area contributed by atoms with Crippen molar-refractivity contribution >= 4 is 5.91 Å². The van der Waals surface area contributed by atoms with Crippen LogP contribution in [0.25, 0.3) is 0 Å². The van der Waals surface area contributed by atoms with Crippen molar-refractivity contribution in [3.8, 4) is 0 Å². The molecule has 0 spiro atoms. The monoisotopic (exact) mass is 250 g/mol. The summed E-state index contributed by atoms with van der Waals surface area (Å²) < 4.78 is 0. The third-order valence-corrected chi connectivity index (χ3v) is 3.36. The third-order valence-electron chi connectivity index (χ3n) is 3.36. The van der Waals surface area contributed by atoms with Gasteiger partial charge in [0.1, 0.15) is 0 Å². The zero-order valence-electron chi connectivity index (χ0n) is 11.8. The van der Waals surface area contributed by atoms with Crippen molar-refractivity contribution in [1.82, 2.24) is 9.80 Å². The van der Waals surface area contributed by atoms with Crippen molar-refractivity contribution in [2.45, 2.75) is 20.3 Å². The Morgan fingerprint density at radius 1 is 1.22 bits per heavy atom. The van der Waals surface area contributed by atoms with Gasteiger partial charge in [0.15, 0.2) is 0 Å². The summed E-state index contributed by atoms with van der Waals surface area (Å²) in [6.07, 6.45) is 4.89. The SMILES string of the molecule is C=CCN(CC=C)CC(=O)N1CC(C)CC(C)C1. The van der Waals surface area contributed by atoms with Gasteiger partial charge in [-0.1, -0.05) is 26.0 Å². The maximum atomic E-state index is 12.3. The van der Waals surface area contributed by atoms with Crippen molar-refractivity contribution < 1.29 is 4.79 Å². The van der Waals surface area contributed by atoms with Gasteiger partial charge in [-0.2, -0.15) is 0 Å². The minimum Gasteiger partial charge on any atom is -0.341 e. The molecule has 0 aromatic carbocycles. The van der Waals surface area contributed by atoms with Gasteiger partial charge in [0, 0.05) is 26.2 Å². The molecule has 0 bridgehead atoms. The van der Waals surface area contributed by atoms with Gasteiger partial charge < -0.3 is 4.90 Å². The Morgan fingerprint density at radius 3 is 2.17 bits per heavy atom. The number of hydrogen-bond donors (Lipinski definition) is 0. The van der Waals surface area contributed by atoms with Gasteiger partial charge in [0.25, 0.3) is 0 Å². The Kier molecular flexibility index (Phi) is 6.13. The molecule has 3 nitrogen and oxygen atoms in total. The standard InChI is InChI=1S/C15H26N2O/c1-5-7-16(8-6-2)12-15(18)17-10-13(3)9-14(4)11-17/h5-6,13-14H,1-2,7-12H2,3-4H3. The summed E-state index contributed by atoms with van der Waals surface area (Å²) in [5.74, 6) is 1.46. The van der Waals surface area contributed by atoms with E-state index in [0.717, 1.165) is 26.2 Å². The molecule has 1 saturated heterocycles. The first kappa shape index (κ1) is 15.0. The molecular weight excluding hydrogens is 224 g/mol. The van der Waals surface area contributed by atoms with Crippen LogP contribution in [-0.4, -0.2) is 48.4 Å². The van der Waals surface area contributed by atoms with Crippen LogP contribution in [0, 0.1) is 11.8 Å². The molecule has 0 aliphatic carbocycles. The van der Waals surface area contributed by atoms with Crippen LogP contribution in [0.3, 0.4) is 0 Å². The predicted molar refractivity (Wildman–Crippen MR) is 76.4 cm³/mol. The molecule has 0 aromatic rings. The van der Waals surface area contributed by atoms with Gasteiger partial charge in [-0.25, -0.2) is 0 Å². The minimum absolute atomic E-state index is 0.233. The summed E-state index contributed by atoms with van der Waals surface area (Å²) in [6.45, 7) is 15.6. The Bertz CT molecular complexity index is 281. The number of likely N-dealkylation sites (tertiary alicyclic amines) is 1. The zero-order chi connectivity index (χ0) is 13.5. The maximum Gasteiger partial charge on any atom is 0.236 e. The molecule has 102 valence electrons. The molecule has 2 atom stereocenters. The van der Waals surface area contributed by atoms with Crippen LogP contribution in [0.4, 0.5) is 0 Å². The van der Waals surface area contributed by atoms with Crippen LogP contribution in [0.5, 0.6) is 0 Å². The van der Waals surface area contributed by atoms with E-state index in [1.807, 2.05) is 17.1 Å². The molecule has 1 aliphatic heterocycles. The Hall–Kier alpha value is -1.09. The van der Waals surface area contributed by atoms with E-state index in [1.165, 1.54) is 6.42 Å². The molecule has 18 heavy (non-hydrogen) atoms. The highest BCUT2D eigenvalue weighted by atomic mass is 16.2. The van der Waals surface area contributed by atoms with Gasteiger partial charge in [0.2, 0.25) is 5.91 Å². The average Bonchev–Trinajstić information content (AvgIpc) is 2.28. The normalized spacial score (nSPS) is 24.1. The number of carbonyl (C=O) groups excluding carboxylic acids is 1. The van der Waals surface area contributed by atoms with Crippen LogP contribution in [0.2, 0.25) is 0 Å². The van der Waals surface area contributed by atoms with E-state index >= 15 is 0 Å². The molecular formula is C15H26N2O. The first-order valence-electron chi connectivity index (χ1n) is 6.78. The van der Waals surface area contributed by atoms with Crippen molar-refractivity contribution in [2.24, 2.45) is 11.8 Å². The highest BCUT2D eigenvalue weighted by Crippen LogP contribution is 2.20. The third kappa shape index (κ3) is 4.65. The molecule has 0 N–H and O–H groups in total. The van der Waals surface area contributed by atoms with E-state index in [4.69, 9.17) is 0 Å². The summed E-state index contributed by atoms with van der Waals surface area (Å²) in [5.41, 5.74) is 0. The predicted octanol–water partition coefficient (Wildman–Crippen LogP) is 2.16. The smallest absolute Gasteiger partial charge is 0.236 e. The zero-order valence-corrected chi connectivity index (χ0v) is 11.8. The van der Waals surface area contributed by atoms with Crippen molar-refractivity contribution in [3.05, 3.63) is 25.3 Å². The van der Waals surface area contributed by atoms with E-state index in [1.54, 1.807) is 0 Å². The quantitative estimate of drug-likeness (QED) is 0.675.